The quantitative estimate of drug-likeness (QED) is 0.683. The van der Waals surface area contributed by atoms with Crippen LogP contribution < -0.4 is 0 Å². The molecule has 1 N–H and O–H groups in total. The highest BCUT2D eigenvalue weighted by Crippen LogP contribution is 2.35. The molecule has 2 aromatic rings. The highest BCUT2D eigenvalue weighted by atomic mass is 19.1. The normalized spacial score (nSPS) is 19.9. The predicted octanol–water partition coefficient (Wildman–Crippen LogP) is 2.82. The van der Waals surface area contributed by atoms with Crippen molar-refractivity contribution in [3.05, 3.63) is 75.3 Å². The van der Waals surface area contributed by atoms with Crippen molar-refractivity contribution in [1.82, 2.24) is 4.90 Å². The second-order valence-corrected chi connectivity index (χ2v) is 5.84. The van der Waals surface area contributed by atoms with Gasteiger partial charge >= 0.3 is 0 Å². The monoisotopic (exact) mass is 348 g/mol. The fourth-order valence-electron chi connectivity index (χ4n) is 3.02. The molecule has 0 radical (unpaired) electrons. The second-order valence-electron chi connectivity index (χ2n) is 5.84. The Hall–Kier alpha value is -2.87. The van der Waals surface area contributed by atoms with Gasteiger partial charge in [0.25, 0.3) is 11.6 Å². The number of nitro groups is 1. The lowest BCUT2D eigenvalue weighted by Crippen LogP contribution is -2.32. The van der Waals surface area contributed by atoms with E-state index in [0.29, 0.717) is 0 Å². The SMILES string of the molecule is O=C(c1cccc([N+](=O)[O-])c1)N1C[C@@H](O)C[C@@H]1c1cc(F)ccc1F. The van der Waals surface area contributed by atoms with Crippen LogP contribution in [0.2, 0.25) is 0 Å². The highest BCUT2D eigenvalue weighted by molar-refractivity contribution is 5.95. The van der Waals surface area contributed by atoms with E-state index < -0.39 is 34.6 Å². The molecule has 1 heterocycles. The van der Waals surface area contributed by atoms with E-state index in [2.05, 4.69) is 0 Å². The Bertz CT molecular complexity index is 843. The zero-order chi connectivity index (χ0) is 18.1. The molecule has 0 spiro atoms. The van der Waals surface area contributed by atoms with E-state index in [1.165, 1.54) is 23.1 Å². The van der Waals surface area contributed by atoms with Crippen LogP contribution in [-0.4, -0.2) is 33.5 Å². The van der Waals surface area contributed by atoms with E-state index in [1.807, 2.05) is 0 Å². The van der Waals surface area contributed by atoms with Gasteiger partial charge in [-0.3, -0.25) is 14.9 Å². The molecule has 1 saturated heterocycles. The van der Waals surface area contributed by atoms with Gasteiger partial charge in [0.2, 0.25) is 0 Å². The molecule has 0 aromatic heterocycles. The number of halogens is 2. The number of rotatable bonds is 3. The lowest BCUT2D eigenvalue weighted by Gasteiger charge is -2.25. The van der Waals surface area contributed by atoms with Crippen LogP contribution in [-0.2, 0) is 0 Å². The highest BCUT2D eigenvalue weighted by Gasteiger charge is 2.37. The van der Waals surface area contributed by atoms with E-state index in [4.69, 9.17) is 0 Å². The standard InChI is InChI=1S/C17H14F2N2O4/c18-11-4-5-15(19)14(7-11)16-8-13(22)9-20(16)17(23)10-2-1-3-12(6-10)21(24)25/h1-7,13,16,22H,8-9H2/t13-,16+/m0/s1. The molecule has 0 saturated carbocycles. The summed E-state index contributed by atoms with van der Waals surface area (Å²) in [6.45, 7) is -0.0673. The predicted molar refractivity (Wildman–Crippen MR) is 83.9 cm³/mol. The van der Waals surface area contributed by atoms with Crippen LogP contribution >= 0.6 is 0 Å². The van der Waals surface area contributed by atoms with Gasteiger partial charge in [-0.05, 0) is 30.7 Å². The third-order valence-electron chi connectivity index (χ3n) is 4.16. The Morgan fingerprint density at radius 2 is 2.00 bits per heavy atom. The van der Waals surface area contributed by atoms with Crippen molar-refractivity contribution in [2.75, 3.05) is 6.54 Å². The Labute approximate surface area is 141 Å². The number of hydrogen-bond donors (Lipinski definition) is 1. The topological polar surface area (TPSA) is 83.7 Å². The summed E-state index contributed by atoms with van der Waals surface area (Å²) in [5.74, 6) is -1.92. The first kappa shape index (κ1) is 17.0. The molecule has 0 unspecified atom stereocenters. The average molecular weight is 348 g/mol. The van der Waals surface area contributed by atoms with Gasteiger partial charge < -0.3 is 10.0 Å². The summed E-state index contributed by atoms with van der Waals surface area (Å²) in [6, 6.07) is 7.21. The van der Waals surface area contributed by atoms with Gasteiger partial charge in [0.15, 0.2) is 0 Å². The Balaban J connectivity index is 1.96. The molecule has 6 nitrogen and oxygen atoms in total. The molecule has 1 aliphatic heterocycles. The molecule has 1 aliphatic rings. The first-order valence-electron chi connectivity index (χ1n) is 7.55. The van der Waals surface area contributed by atoms with Gasteiger partial charge in [-0.25, -0.2) is 8.78 Å². The van der Waals surface area contributed by atoms with E-state index in [0.717, 1.165) is 24.3 Å². The van der Waals surface area contributed by atoms with E-state index in [1.54, 1.807) is 0 Å². The maximum Gasteiger partial charge on any atom is 0.270 e. The minimum atomic E-state index is -0.893. The summed E-state index contributed by atoms with van der Waals surface area (Å²) in [5, 5.41) is 20.8. The largest absolute Gasteiger partial charge is 0.391 e. The number of likely N-dealkylation sites (tertiary alicyclic amines) is 1. The molecule has 3 rings (SSSR count). The number of carbonyl (C=O) groups excluding carboxylic acids is 1. The second kappa shape index (κ2) is 6.56. The number of aliphatic hydroxyl groups excluding tert-OH is 1. The van der Waals surface area contributed by atoms with E-state index in [-0.39, 0.29) is 29.8 Å². The molecule has 25 heavy (non-hydrogen) atoms. The summed E-state index contributed by atoms with van der Waals surface area (Å²) >= 11 is 0. The van der Waals surface area contributed by atoms with Gasteiger partial charge in [-0.1, -0.05) is 6.07 Å². The van der Waals surface area contributed by atoms with Crippen molar-refractivity contribution in [3.8, 4) is 0 Å². The number of nitro benzene ring substituents is 1. The van der Waals surface area contributed by atoms with Gasteiger partial charge in [0.1, 0.15) is 11.6 Å². The minimum Gasteiger partial charge on any atom is -0.391 e. The minimum absolute atomic E-state index is 0.0321. The number of nitrogens with zero attached hydrogens (tertiary/aromatic N) is 2. The fraction of sp³-hybridized carbons (Fsp3) is 0.235. The van der Waals surface area contributed by atoms with Crippen LogP contribution in [0, 0.1) is 21.7 Å². The first-order valence-corrected chi connectivity index (χ1v) is 7.55. The van der Waals surface area contributed by atoms with Gasteiger partial charge in [-0.2, -0.15) is 0 Å². The van der Waals surface area contributed by atoms with Crippen molar-refractivity contribution in [2.24, 2.45) is 0 Å². The summed E-state index contributed by atoms with van der Waals surface area (Å²) in [4.78, 5) is 24.2. The van der Waals surface area contributed by atoms with Crippen LogP contribution in [0.1, 0.15) is 28.4 Å². The van der Waals surface area contributed by atoms with Crippen molar-refractivity contribution in [3.63, 3.8) is 0 Å². The molecule has 2 aromatic carbocycles. The molecule has 1 amide bonds. The molecule has 8 heteroatoms. The molecule has 130 valence electrons. The van der Waals surface area contributed by atoms with Gasteiger partial charge in [0, 0.05) is 29.8 Å². The first-order chi connectivity index (χ1) is 11.9. The summed E-state index contributed by atoms with van der Waals surface area (Å²) in [7, 11) is 0. The third-order valence-corrected chi connectivity index (χ3v) is 4.16. The van der Waals surface area contributed by atoms with Crippen molar-refractivity contribution >= 4 is 11.6 Å². The van der Waals surface area contributed by atoms with Gasteiger partial charge in [0.05, 0.1) is 17.1 Å². The number of aliphatic hydroxyl groups is 1. The number of hydrogen-bond acceptors (Lipinski definition) is 4. The molecular formula is C17H14F2N2O4. The summed E-state index contributed by atoms with van der Waals surface area (Å²) < 4.78 is 27.6. The van der Waals surface area contributed by atoms with Crippen LogP contribution in [0.15, 0.2) is 42.5 Å². The maximum absolute atomic E-state index is 14.1. The van der Waals surface area contributed by atoms with E-state index >= 15 is 0 Å². The van der Waals surface area contributed by atoms with Crippen LogP contribution in [0.3, 0.4) is 0 Å². The number of β-amino-alcohol motifs (C(OH)–C–C–N with tert-alkyl or cyclic N) is 1. The van der Waals surface area contributed by atoms with Crippen LogP contribution in [0.25, 0.3) is 0 Å². The third kappa shape index (κ3) is 3.34. The van der Waals surface area contributed by atoms with Crippen LogP contribution in [0.5, 0.6) is 0 Å². The molecule has 0 aliphatic carbocycles. The van der Waals surface area contributed by atoms with Crippen LogP contribution in [0.4, 0.5) is 14.5 Å². The van der Waals surface area contributed by atoms with Crippen molar-refractivity contribution in [1.29, 1.82) is 0 Å². The smallest absolute Gasteiger partial charge is 0.270 e. The number of amides is 1. The Kier molecular flexibility index (Phi) is 4.45. The van der Waals surface area contributed by atoms with E-state index in [9.17, 15) is 28.8 Å². The molecule has 2 atom stereocenters. The summed E-state index contributed by atoms with van der Waals surface area (Å²) in [6.07, 6.45) is -0.837. The van der Waals surface area contributed by atoms with Gasteiger partial charge in [-0.15, -0.1) is 0 Å². The average Bonchev–Trinajstić information content (AvgIpc) is 2.98. The Morgan fingerprint density at radius 3 is 2.72 bits per heavy atom. The lowest BCUT2D eigenvalue weighted by atomic mass is 10.0. The summed E-state index contributed by atoms with van der Waals surface area (Å²) in [5.41, 5.74) is -0.237. The molecule has 0 bridgehead atoms. The number of non-ortho nitro benzene ring substituents is 1. The molecule has 1 fully saturated rings. The number of benzene rings is 2. The molecular weight excluding hydrogens is 334 g/mol. The lowest BCUT2D eigenvalue weighted by molar-refractivity contribution is -0.384. The fourth-order valence-corrected chi connectivity index (χ4v) is 3.02. The Morgan fingerprint density at radius 1 is 1.24 bits per heavy atom. The maximum atomic E-state index is 14.1. The zero-order valence-electron chi connectivity index (χ0n) is 12.9. The van der Waals surface area contributed by atoms with Crippen molar-refractivity contribution < 1.29 is 23.6 Å². The van der Waals surface area contributed by atoms with Crippen molar-refractivity contribution in [2.45, 2.75) is 18.6 Å². The zero-order valence-corrected chi connectivity index (χ0v) is 12.9. The number of carbonyl (C=O) groups is 1.